The van der Waals surface area contributed by atoms with Crippen LogP contribution < -0.4 is 0 Å². The van der Waals surface area contributed by atoms with Gasteiger partial charge >= 0.3 is 0 Å². The molecular weight excluding hydrogens is 483 g/mol. The zero-order valence-electron chi connectivity index (χ0n) is 22.1. The normalized spacial score (nSPS) is 19.1. The number of ether oxygens (including phenoxy) is 1. The van der Waals surface area contributed by atoms with Gasteiger partial charge < -0.3 is 24.2 Å². The minimum atomic E-state index is -0.443. The van der Waals surface area contributed by atoms with Gasteiger partial charge in [-0.1, -0.05) is 0 Å². The number of carbonyl (C=O) groups is 1. The quantitative estimate of drug-likeness (QED) is 0.462. The van der Waals surface area contributed by atoms with Crippen molar-refractivity contribution in [1.82, 2.24) is 19.4 Å². The molecule has 0 spiro atoms. The van der Waals surface area contributed by atoms with Crippen molar-refractivity contribution in [1.29, 1.82) is 0 Å². The molecule has 2 aromatic heterocycles. The summed E-state index contributed by atoms with van der Waals surface area (Å²) in [7, 11) is 0. The molecule has 0 unspecified atom stereocenters. The third-order valence-electron chi connectivity index (χ3n) is 8.42. The number of rotatable bonds is 9. The van der Waals surface area contributed by atoms with Gasteiger partial charge in [-0.25, -0.2) is 4.39 Å². The molecule has 7 nitrogen and oxygen atoms in total. The first-order chi connectivity index (χ1) is 18.5. The third-order valence-corrected chi connectivity index (χ3v) is 8.42. The molecule has 3 aliphatic rings. The Labute approximate surface area is 223 Å². The lowest BCUT2D eigenvalue weighted by molar-refractivity contribution is 0.0254. The maximum atomic E-state index is 14.4. The van der Waals surface area contributed by atoms with Gasteiger partial charge in [0.15, 0.2) is 0 Å². The highest BCUT2D eigenvalue weighted by Crippen LogP contribution is 2.34. The Hall–Kier alpha value is -2.81. The van der Waals surface area contributed by atoms with Crippen molar-refractivity contribution in [2.24, 2.45) is 11.8 Å². The Morgan fingerprint density at radius 2 is 1.95 bits per heavy atom. The number of carbonyl (C=O) groups excluding carboxylic acids is 1. The van der Waals surface area contributed by atoms with E-state index in [4.69, 9.17) is 4.74 Å². The minimum absolute atomic E-state index is 0.112. The van der Waals surface area contributed by atoms with Gasteiger partial charge in [-0.2, -0.15) is 0 Å². The van der Waals surface area contributed by atoms with Gasteiger partial charge in [0.25, 0.3) is 5.91 Å². The van der Waals surface area contributed by atoms with Crippen LogP contribution in [0.15, 0.2) is 36.8 Å². The summed E-state index contributed by atoms with van der Waals surface area (Å²) in [5, 5.41) is 10.7. The first-order valence-corrected chi connectivity index (χ1v) is 14.0. The fourth-order valence-electron chi connectivity index (χ4n) is 6.34. The van der Waals surface area contributed by atoms with Gasteiger partial charge in [-0.15, -0.1) is 0 Å². The standard InChI is InChI=1S/C30H37FN4O3/c1-20-14-32-15-28-29(20)23(12-22-17-33(18-22)16-21-6-10-38-11-7-21)19-35(28)27-5-2-24(31)13-26(27)30(37)34(8-9-36)25-3-4-25/h2,5,13-15,19,21-22,25,36H,3-4,6-12,16-18H2,1H3. The van der Waals surface area contributed by atoms with Gasteiger partial charge in [-0.05, 0) is 80.2 Å². The second kappa shape index (κ2) is 10.8. The second-order valence-electron chi connectivity index (χ2n) is 11.3. The summed E-state index contributed by atoms with van der Waals surface area (Å²) in [6.07, 6.45) is 11.0. The van der Waals surface area contributed by atoms with Gasteiger partial charge in [0.2, 0.25) is 0 Å². The van der Waals surface area contributed by atoms with E-state index >= 15 is 0 Å². The summed E-state index contributed by atoms with van der Waals surface area (Å²) in [6, 6.07) is 4.56. The zero-order chi connectivity index (χ0) is 26.2. The van der Waals surface area contributed by atoms with Crippen molar-refractivity contribution in [3.63, 3.8) is 0 Å². The van der Waals surface area contributed by atoms with Crippen LogP contribution >= 0.6 is 0 Å². The average Bonchev–Trinajstić information content (AvgIpc) is 3.67. The van der Waals surface area contributed by atoms with Crippen LogP contribution in [0.4, 0.5) is 4.39 Å². The Morgan fingerprint density at radius 1 is 1.16 bits per heavy atom. The summed E-state index contributed by atoms with van der Waals surface area (Å²) in [5.74, 6) is 0.658. The number of aliphatic hydroxyl groups is 1. The number of hydrogen-bond acceptors (Lipinski definition) is 5. The highest BCUT2D eigenvalue weighted by Gasteiger charge is 2.34. The first kappa shape index (κ1) is 25.5. The van der Waals surface area contributed by atoms with E-state index in [1.54, 1.807) is 11.0 Å². The van der Waals surface area contributed by atoms with Crippen molar-refractivity contribution in [2.75, 3.05) is 46.0 Å². The lowest BCUT2D eigenvalue weighted by atomic mass is 9.89. The summed E-state index contributed by atoms with van der Waals surface area (Å²) >= 11 is 0. The number of pyridine rings is 1. The first-order valence-electron chi connectivity index (χ1n) is 14.0. The van der Waals surface area contributed by atoms with E-state index in [0.29, 0.717) is 17.2 Å². The van der Waals surface area contributed by atoms with E-state index in [1.807, 2.05) is 17.0 Å². The van der Waals surface area contributed by atoms with E-state index < -0.39 is 5.82 Å². The molecular formula is C30H37FN4O3. The predicted molar refractivity (Wildman–Crippen MR) is 144 cm³/mol. The lowest BCUT2D eigenvalue weighted by Crippen LogP contribution is -2.49. The highest BCUT2D eigenvalue weighted by molar-refractivity contribution is 5.99. The Balaban J connectivity index is 1.28. The molecule has 202 valence electrons. The number of hydrogen-bond donors (Lipinski definition) is 1. The molecule has 1 amide bonds. The molecule has 1 N–H and O–H groups in total. The van der Waals surface area contributed by atoms with Crippen molar-refractivity contribution in [3.8, 4) is 5.69 Å². The molecule has 2 aliphatic heterocycles. The largest absolute Gasteiger partial charge is 0.395 e. The SMILES string of the molecule is Cc1cncc2c1c(CC1CN(CC3CCOCC3)C1)cn2-c1ccc(F)cc1C(=O)N(CCO)C1CC1. The van der Waals surface area contributed by atoms with Gasteiger partial charge in [0, 0.05) is 63.2 Å². The van der Waals surface area contributed by atoms with Gasteiger partial charge in [0.1, 0.15) is 5.82 Å². The van der Waals surface area contributed by atoms with Gasteiger partial charge in [-0.3, -0.25) is 9.78 Å². The summed E-state index contributed by atoms with van der Waals surface area (Å²) in [6.45, 7) is 7.37. The Morgan fingerprint density at radius 3 is 2.68 bits per heavy atom. The summed E-state index contributed by atoms with van der Waals surface area (Å²) in [4.78, 5) is 22.3. The molecule has 38 heavy (non-hydrogen) atoms. The zero-order valence-corrected chi connectivity index (χ0v) is 22.1. The molecule has 3 aromatic rings. The smallest absolute Gasteiger partial charge is 0.256 e. The molecule has 6 rings (SSSR count). The molecule has 0 bridgehead atoms. The van der Waals surface area contributed by atoms with Crippen LogP contribution in [0.1, 0.15) is 47.2 Å². The van der Waals surface area contributed by atoms with Crippen molar-refractivity contribution < 1.29 is 19.0 Å². The minimum Gasteiger partial charge on any atom is -0.395 e. The van der Waals surface area contributed by atoms with Crippen molar-refractivity contribution in [3.05, 3.63) is 59.3 Å². The van der Waals surface area contributed by atoms with Crippen LogP contribution in [0.3, 0.4) is 0 Å². The second-order valence-corrected chi connectivity index (χ2v) is 11.3. The number of likely N-dealkylation sites (tertiary alicyclic amines) is 1. The fraction of sp³-hybridized carbons (Fsp3) is 0.533. The highest BCUT2D eigenvalue weighted by atomic mass is 19.1. The molecule has 8 heteroatoms. The third kappa shape index (κ3) is 5.09. The van der Waals surface area contributed by atoms with Gasteiger partial charge in [0.05, 0.1) is 29.6 Å². The molecule has 0 radical (unpaired) electrons. The Kier molecular flexibility index (Phi) is 7.20. The summed E-state index contributed by atoms with van der Waals surface area (Å²) in [5.41, 5.74) is 4.25. The molecule has 2 saturated heterocycles. The van der Waals surface area contributed by atoms with Crippen LogP contribution in [-0.4, -0.2) is 82.4 Å². The number of nitrogens with zero attached hydrogens (tertiary/aromatic N) is 4. The predicted octanol–water partition coefficient (Wildman–Crippen LogP) is 3.97. The number of aliphatic hydroxyl groups excluding tert-OH is 1. The number of aromatic nitrogens is 2. The van der Waals surface area contributed by atoms with E-state index in [1.165, 1.54) is 23.1 Å². The Bertz CT molecular complexity index is 1310. The van der Waals surface area contributed by atoms with Crippen LogP contribution in [0.25, 0.3) is 16.6 Å². The molecule has 1 aromatic carbocycles. The van der Waals surface area contributed by atoms with E-state index in [9.17, 15) is 14.3 Å². The number of benzene rings is 1. The van der Waals surface area contributed by atoms with E-state index in [-0.39, 0.29) is 25.1 Å². The molecule has 4 heterocycles. The molecule has 1 saturated carbocycles. The molecule has 0 atom stereocenters. The van der Waals surface area contributed by atoms with E-state index in [0.717, 1.165) is 82.0 Å². The molecule has 1 aliphatic carbocycles. The maximum Gasteiger partial charge on any atom is 0.256 e. The van der Waals surface area contributed by atoms with Crippen LogP contribution in [0.2, 0.25) is 0 Å². The monoisotopic (exact) mass is 520 g/mol. The summed E-state index contributed by atoms with van der Waals surface area (Å²) < 4.78 is 22.0. The maximum absolute atomic E-state index is 14.4. The average molecular weight is 521 g/mol. The number of halogens is 1. The van der Waals surface area contributed by atoms with Crippen molar-refractivity contribution in [2.45, 2.75) is 45.1 Å². The lowest BCUT2D eigenvalue weighted by Gasteiger charge is -2.42. The van der Waals surface area contributed by atoms with Crippen molar-refractivity contribution >= 4 is 16.8 Å². The number of amides is 1. The van der Waals surface area contributed by atoms with Crippen LogP contribution in [0.5, 0.6) is 0 Å². The number of aryl methyl sites for hydroxylation is 1. The number of fused-ring (bicyclic) bond motifs is 1. The molecule has 3 fully saturated rings. The topological polar surface area (TPSA) is 70.8 Å². The van der Waals surface area contributed by atoms with Crippen LogP contribution in [-0.2, 0) is 11.2 Å². The van der Waals surface area contributed by atoms with Crippen LogP contribution in [0, 0.1) is 24.6 Å². The fourth-order valence-corrected chi connectivity index (χ4v) is 6.34. The van der Waals surface area contributed by atoms with E-state index in [2.05, 4.69) is 23.0 Å².